The van der Waals surface area contributed by atoms with Crippen LogP contribution in [0.5, 0.6) is 0 Å². The van der Waals surface area contributed by atoms with E-state index in [4.69, 9.17) is 0 Å². The van der Waals surface area contributed by atoms with Crippen LogP contribution < -0.4 is 4.90 Å². The van der Waals surface area contributed by atoms with Crippen LogP contribution in [0.2, 0.25) is 0 Å². The van der Waals surface area contributed by atoms with Crippen molar-refractivity contribution in [3.8, 4) is 17.3 Å². The summed E-state index contributed by atoms with van der Waals surface area (Å²) in [5.41, 5.74) is 3.19. The zero-order valence-electron chi connectivity index (χ0n) is 15.0. The van der Waals surface area contributed by atoms with Crippen LogP contribution in [0.4, 0.5) is 15.3 Å². The van der Waals surface area contributed by atoms with Crippen LogP contribution in [0, 0.1) is 17.1 Å². The Kier molecular flexibility index (Phi) is 4.83. The Morgan fingerprint density at radius 2 is 2.18 bits per heavy atom. The van der Waals surface area contributed by atoms with E-state index in [1.54, 1.807) is 12.3 Å². The molecule has 28 heavy (non-hydrogen) atoms. The summed E-state index contributed by atoms with van der Waals surface area (Å²) in [7, 11) is 1.93. The summed E-state index contributed by atoms with van der Waals surface area (Å²) < 4.78 is 16.1. The number of hydrogen-bond acceptors (Lipinski definition) is 6. The molecule has 0 aliphatic heterocycles. The summed E-state index contributed by atoms with van der Waals surface area (Å²) >= 11 is 4.86. The molecule has 4 rings (SSSR count). The Hall–Kier alpha value is -2.83. The highest BCUT2D eigenvalue weighted by Gasteiger charge is 2.20. The number of anilines is 2. The van der Waals surface area contributed by atoms with Gasteiger partial charge in [0, 0.05) is 24.2 Å². The second-order valence-electron chi connectivity index (χ2n) is 6.05. The van der Waals surface area contributed by atoms with Crippen LogP contribution in [-0.4, -0.2) is 26.4 Å². The Morgan fingerprint density at radius 1 is 1.36 bits per heavy atom. The summed E-state index contributed by atoms with van der Waals surface area (Å²) in [6.07, 6.45) is 4.34. The molecule has 1 aromatic carbocycles. The molecule has 0 unspecified atom stereocenters. The predicted molar refractivity (Wildman–Crippen MR) is 110 cm³/mol. The number of fused-ring (bicyclic) bond motifs is 1. The molecule has 0 atom stereocenters. The van der Waals surface area contributed by atoms with Crippen molar-refractivity contribution in [2.75, 3.05) is 11.9 Å². The largest absolute Gasteiger partial charge is 0.305 e. The molecule has 0 aliphatic carbocycles. The fourth-order valence-electron chi connectivity index (χ4n) is 3.02. The summed E-state index contributed by atoms with van der Waals surface area (Å²) in [6, 6.07) is 6.18. The van der Waals surface area contributed by atoms with Crippen molar-refractivity contribution < 1.29 is 4.39 Å². The van der Waals surface area contributed by atoms with Gasteiger partial charge in [0.05, 0.1) is 29.2 Å². The lowest BCUT2D eigenvalue weighted by Gasteiger charge is -2.17. The predicted octanol–water partition coefficient (Wildman–Crippen LogP) is 4.96. The molecule has 0 bridgehead atoms. The van der Waals surface area contributed by atoms with Gasteiger partial charge in [-0.3, -0.25) is 4.40 Å². The smallest absolute Gasteiger partial charge is 0.191 e. The highest BCUT2D eigenvalue weighted by molar-refractivity contribution is 9.10. The molecule has 0 saturated heterocycles. The van der Waals surface area contributed by atoms with Gasteiger partial charge in [-0.2, -0.15) is 5.26 Å². The summed E-state index contributed by atoms with van der Waals surface area (Å²) in [6.45, 7) is 2.05. The van der Waals surface area contributed by atoms with Gasteiger partial charge in [-0.05, 0) is 40.5 Å². The summed E-state index contributed by atoms with van der Waals surface area (Å²) in [5, 5.41) is 11.9. The van der Waals surface area contributed by atoms with Crippen LogP contribution in [0.25, 0.3) is 16.9 Å². The SMILES string of the molecule is CCc1nc2cnc(Br)cn2c1N(C)c1nc(-c2ccc(F)cc2C#N)cs1. The number of halogens is 2. The van der Waals surface area contributed by atoms with Crippen LogP contribution in [-0.2, 0) is 6.42 Å². The molecule has 0 radical (unpaired) electrons. The second kappa shape index (κ2) is 7.30. The Morgan fingerprint density at radius 3 is 2.93 bits per heavy atom. The average Bonchev–Trinajstić information content (AvgIpc) is 3.31. The summed E-state index contributed by atoms with van der Waals surface area (Å²) in [5.74, 6) is 0.464. The van der Waals surface area contributed by atoms with Crippen molar-refractivity contribution >= 4 is 43.9 Å². The van der Waals surface area contributed by atoms with E-state index < -0.39 is 5.82 Å². The van der Waals surface area contributed by atoms with E-state index in [0.29, 0.717) is 15.9 Å². The maximum Gasteiger partial charge on any atom is 0.191 e. The molecule has 0 spiro atoms. The van der Waals surface area contributed by atoms with Crippen molar-refractivity contribution in [1.82, 2.24) is 19.4 Å². The molecule has 0 N–H and O–H groups in total. The highest BCUT2D eigenvalue weighted by Crippen LogP contribution is 2.34. The lowest BCUT2D eigenvalue weighted by atomic mass is 10.1. The van der Waals surface area contributed by atoms with Crippen molar-refractivity contribution in [3.63, 3.8) is 0 Å². The standard InChI is InChI=1S/C19H14BrFN6S/c1-3-14-18(27-9-16(20)23-8-17(27)24-14)26(2)19-25-15(10-28-19)13-5-4-12(21)6-11(13)7-22/h4-6,8-10H,3H2,1-2H3. The zero-order valence-corrected chi connectivity index (χ0v) is 17.4. The summed E-state index contributed by atoms with van der Waals surface area (Å²) in [4.78, 5) is 15.5. The van der Waals surface area contributed by atoms with Gasteiger partial charge in [-0.25, -0.2) is 19.3 Å². The van der Waals surface area contributed by atoms with Gasteiger partial charge in [0.25, 0.3) is 0 Å². The molecule has 4 aromatic rings. The molecule has 6 nitrogen and oxygen atoms in total. The van der Waals surface area contributed by atoms with Crippen LogP contribution in [0.1, 0.15) is 18.2 Å². The number of rotatable bonds is 4. The van der Waals surface area contributed by atoms with Crippen LogP contribution in [0.3, 0.4) is 0 Å². The third kappa shape index (κ3) is 3.15. The van der Waals surface area contributed by atoms with Crippen molar-refractivity contribution in [2.24, 2.45) is 0 Å². The van der Waals surface area contributed by atoms with Gasteiger partial charge < -0.3 is 4.90 Å². The zero-order chi connectivity index (χ0) is 19.8. The van der Waals surface area contributed by atoms with Crippen molar-refractivity contribution in [3.05, 3.63) is 57.7 Å². The highest BCUT2D eigenvalue weighted by atomic mass is 79.9. The van der Waals surface area contributed by atoms with Gasteiger partial charge in [0.15, 0.2) is 10.8 Å². The van der Waals surface area contributed by atoms with E-state index >= 15 is 0 Å². The minimum Gasteiger partial charge on any atom is -0.305 e. The van der Waals surface area contributed by atoms with Gasteiger partial charge >= 0.3 is 0 Å². The first-order chi connectivity index (χ1) is 13.5. The molecule has 3 aromatic heterocycles. The van der Waals surface area contributed by atoms with Crippen LogP contribution >= 0.6 is 27.3 Å². The second-order valence-corrected chi connectivity index (χ2v) is 7.70. The topological polar surface area (TPSA) is 70.1 Å². The first-order valence-electron chi connectivity index (χ1n) is 8.43. The number of hydrogen-bond donors (Lipinski definition) is 0. The molecule has 0 amide bonds. The molecular weight excluding hydrogens is 443 g/mol. The fourth-order valence-corrected chi connectivity index (χ4v) is 4.12. The Labute approximate surface area is 173 Å². The normalized spacial score (nSPS) is 11.0. The lowest BCUT2D eigenvalue weighted by molar-refractivity contribution is 0.627. The molecular formula is C19H14BrFN6S. The molecule has 140 valence electrons. The van der Waals surface area contributed by atoms with Gasteiger partial charge in [0.1, 0.15) is 16.2 Å². The van der Waals surface area contributed by atoms with Gasteiger partial charge in [-0.15, -0.1) is 11.3 Å². The number of imidazole rings is 1. The monoisotopic (exact) mass is 456 g/mol. The number of nitriles is 1. The quantitative estimate of drug-likeness (QED) is 0.434. The van der Waals surface area contributed by atoms with Crippen molar-refractivity contribution in [1.29, 1.82) is 5.26 Å². The Balaban J connectivity index is 1.79. The van der Waals surface area contributed by atoms with E-state index in [1.807, 2.05) is 40.9 Å². The lowest BCUT2D eigenvalue weighted by Crippen LogP contribution is -2.13. The first-order valence-corrected chi connectivity index (χ1v) is 10.1. The first kappa shape index (κ1) is 18.5. The molecule has 0 fully saturated rings. The molecule has 0 saturated carbocycles. The van der Waals surface area contributed by atoms with E-state index in [0.717, 1.165) is 28.7 Å². The van der Waals surface area contributed by atoms with Gasteiger partial charge in [0.2, 0.25) is 0 Å². The third-order valence-corrected chi connectivity index (χ3v) is 5.66. The van der Waals surface area contributed by atoms with E-state index in [9.17, 15) is 9.65 Å². The number of aryl methyl sites for hydroxylation is 1. The van der Waals surface area contributed by atoms with Crippen molar-refractivity contribution in [2.45, 2.75) is 13.3 Å². The number of benzene rings is 1. The van der Waals surface area contributed by atoms with E-state index in [-0.39, 0.29) is 5.56 Å². The number of thiazole rings is 1. The third-order valence-electron chi connectivity index (χ3n) is 4.33. The maximum absolute atomic E-state index is 13.4. The van der Waals surface area contributed by atoms with E-state index in [1.165, 1.54) is 23.5 Å². The van der Waals surface area contributed by atoms with E-state index in [2.05, 4.69) is 30.9 Å². The number of aromatic nitrogens is 4. The molecule has 9 heteroatoms. The maximum atomic E-state index is 13.4. The van der Waals surface area contributed by atoms with Gasteiger partial charge in [-0.1, -0.05) is 6.92 Å². The minimum absolute atomic E-state index is 0.263. The average molecular weight is 457 g/mol. The fraction of sp³-hybridized carbons (Fsp3) is 0.158. The molecule has 0 aliphatic rings. The minimum atomic E-state index is -0.439. The number of nitrogens with zero attached hydrogens (tertiary/aromatic N) is 6. The molecule has 3 heterocycles. The van der Waals surface area contributed by atoms with Crippen LogP contribution in [0.15, 0.2) is 40.6 Å². The Bertz CT molecular complexity index is 1230.